The number of anilines is 1. The molecular formula is C23H18N6O4S. The molecule has 10 nitrogen and oxygen atoms in total. The lowest BCUT2D eigenvalue weighted by molar-refractivity contribution is -0.113. The van der Waals surface area contributed by atoms with Crippen LogP contribution in [-0.4, -0.2) is 42.9 Å². The number of fused-ring (bicyclic) bond motifs is 3. The average Bonchev–Trinajstić information content (AvgIpc) is 3.26. The number of amides is 1. The number of carbonyl (C=O) groups is 1. The first-order valence-electron chi connectivity index (χ1n) is 10.2. The number of aromatic amines is 1. The van der Waals surface area contributed by atoms with E-state index in [0.717, 1.165) is 17.0 Å². The second-order valence-corrected chi connectivity index (χ2v) is 8.21. The number of rotatable bonds is 6. The summed E-state index contributed by atoms with van der Waals surface area (Å²) in [6.45, 7) is 0. The van der Waals surface area contributed by atoms with Gasteiger partial charge in [-0.1, -0.05) is 30.0 Å². The highest BCUT2D eigenvalue weighted by atomic mass is 32.2. The van der Waals surface area contributed by atoms with E-state index in [-0.39, 0.29) is 11.6 Å². The van der Waals surface area contributed by atoms with Crippen LogP contribution >= 0.6 is 11.8 Å². The second kappa shape index (κ2) is 8.87. The molecule has 0 bridgehead atoms. The predicted molar refractivity (Wildman–Crippen MR) is 129 cm³/mol. The minimum atomic E-state index is -0.671. The Bertz CT molecular complexity index is 1640. The van der Waals surface area contributed by atoms with E-state index >= 15 is 0 Å². The number of H-pyrrole nitrogens is 1. The Morgan fingerprint density at radius 1 is 1.06 bits per heavy atom. The molecule has 2 aromatic carbocycles. The number of nitrogens with zero attached hydrogens (tertiary/aromatic N) is 4. The quantitative estimate of drug-likeness (QED) is 0.362. The molecule has 0 saturated carbocycles. The number of thioether (sulfide) groups is 1. The van der Waals surface area contributed by atoms with Crippen LogP contribution in [-0.2, 0) is 4.79 Å². The summed E-state index contributed by atoms with van der Waals surface area (Å²) in [6, 6.07) is 19.5. The van der Waals surface area contributed by atoms with Crippen molar-refractivity contribution in [3.63, 3.8) is 0 Å². The summed E-state index contributed by atoms with van der Waals surface area (Å²) < 4.78 is 8.24. The predicted octanol–water partition coefficient (Wildman–Crippen LogP) is 2.46. The molecule has 2 N–H and O–H groups in total. The van der Waals surface area contributed by atoms with Crippen LogP contribution in [0.3, 0.4) is 0 Å². The van der Waals surface area contributed by atoms with Crippen molar-refractivity contribution in [2.75, 3.05) is 18.2 Å². The Balaban J connectivity index is 1.41. The Morgan fingerprint density at radius 2 is 1.85 bits per heavy atom. The van der Waals surface area contributed by atoms with Crippen LogP contribution in [0.1, 0.15) is 0 Å². The van der Waals surface area contributed by atoms with E-state index in [1.54, 1.807) is 24.3 Å². The largest absolute Gasteiger partial charge is 0.497 e. The number of pyridine rings is 1. The molecule has 34 heavy (non-hydrogen) atoms. The van der Waals surface area contributed by atoms with Gasteiger partial charge < -0.3 is 10.1 Å². The van der Waals surface area contributed by atoms with Crippen molar-refractivity contribution in [2.24, 2.45) is 0 Å². The lowest BCUT2D eigenvalue weighted by Crippen LogP contribution is -2.32. The molecule has 0 aliphatic heterocycles. The third-order valence-corrected chi connectivity index (χ3v) is 6.05. The number of hydrogen-bond acceptors (Lipinski definition) is 7. The van der Waals surface area contributed by atoms with E-state index in [4.69, 9.17) is 4.74 Å². The van der Waals surface area contributed by atoms with Gasteiger partial charge >= 0.3 is 5.69 Å². The number of methoxy groups -OCH3 is 1. The smallest absolute Gasteiger partial charge is 0.334 e. The van der Waals surface area contributed by atoms with Crippen molar-refractivity contribution < 1.29 is 9.53 Å². The van der Waals surface area contributed by atoms with E-state index in [1.807, 2.05) is 40.8 Å². The molecule has 0 atom stereocenters. The fourth-order valence-electron chi connectivity index (χ4n) is 3.59. The second-order valence-electron chi connectivity index (χ2n) is 7.26. The van der Waals surface area contributed by atoms with Crippen LogP contribution in [0.25, 0.3) is 22.2 Å². The monoisotopic (exact) mass is 474 g/mol. The molecule has 11 heteroatoms. The van der Waals surface area contributed by atoms with Gasteiger partial charge in [0.05, 0.1) is 24.1 Å². The van der Waals surface area contributed by atoms with Crippen LogP contribution in [0.15, 0.2) is 81.5 Å². The Labute approximate surface area is 196 Å². The lowest BCUT2D eigenvalue weighted by Gasteiger charge is -2.13. The van der Waals surface area contributed by atoms with Gasteiger partial charge in [0.2, 0.25) is 5.91 Å². The van der Waals surface area contributed by atoms with E-state index in [2.05, 4.69) is 20.5 Å². The van der Waals surface area contributed by atoms with E-state index in [0.29, 0.717) is 22.2 Å². The molecule has 0 radical (unpaired) electrons. The summed E-state index contributed by atoms with van der Waals surface area (Å²) in [5, 5.41) is 12.6. The summed E-state index contributed by atoms with van der Waals surface area (Å²) in [7, 11) is 1.53. The maximum Gasteiger partial charge on any atom is 0.334 e. The summed E-state index contributed by atoms with van der Waals surface area (Å²) in [5.74, 6) is 0.250. The van der Waals surface area contributed by atoms with Gasteiger partial charge in [0, 0.05) is 6.07 Å². The van der Waals surface area contributed by atoms with Gasteiger partial charge in [-0.25, -0.2) is 9.36 Å². The molecule has 3 aromatic heterocycles. The zero-order chi connectivity index (χ0) is 23.7. The van der Waals surface area contributed by atoms with Gasteiger partial charge in [-0.15, -0.1) is 10.2 Å². The number of nitrogens with one attached hydrogen (secondary N) is 2. The van der Waals surface area contributed by atoms with Gasteiger partial charge in [0.15, 0.2) is 10.8 Å². The third kappa shape index (κ3) is 4.04. The number of carbonyl (C=O) groups excluding carboxylic acids is 1. The maximum absolute atomic E-state index is 12.8. The van der Waals surface area contributed by atoms with Crippen molar-refractivity contribution in [2.45, 2.75) is 5.16 Å². The van der Waals surface area contributed by atoms with Crippen LogP contribution in [0.5, 0.6) is 5.75 Å². The fourth-order valence-corrected chi connectivity index (χ4v) is 4.34. The number of ether oxygens (including phenoxy) is 1. The molecule has 3 heterocycles. The fraction of sp³-hybridized carbons (Fsp3) is 0.0870. The zero-order valence-electron chi connectivity index (χ0n) is 17.9. The minimum Gasteiger partial charge on any atom is -0.497 e. The van der Waals surface area contributed by atoms with E-state index in [1.165, 1.54) is 23.4 Å². The standard InChI is InChI=1S/C23H18N6O4S/c1-33-16-9-7-15(8-10-16)28-19(12-20(30)25-22(28)32)24-21(31)13-34-23-27-26-18-11-6-14-4-2-3-5-17(14)29(18)23/h2-12H,13H2,1H3,(H,24,31)(H,25,30,32). The van der Waals surface area contributed by atoms with Gasteiger partial charge in [-0.3, -0.25) is 19.0 Å². The SMILES string of the molecule is COc1ccc(-n2c(NC(=O)CSc3nnc4ccc5ccccc5n34)cc(=O)[nH]c2=O)cc1. The molecular weight excluding hydrogens is 456 g/mol. The Kier molecular flexibility index (Phi) is 5.60. The molecule has 0 aliphatic carbocycles. The van der Waals surface area contributed by atoms with Crippen molar-refractivity contribution in [3.05, 3.63) is 87.6 Å². The van der Waals surface area contributed by atoms with Crippen LogP contribution in [0.2, 0.25) is 0 Å². The summed E-state index contributed by atoms with van der Waals surface area (Å²) in [5.41, 5.74) is 0.767. The molecule has 0 fully saturated rings. The van der Waals surface area contributed by atoms with Crippen LogP contribution in [0.4, 0.5) is 5.82 Å². The van der Waals surface area contributed by atoms with E-state index < -0.39 is 17.2 Å². The first-order chi connectivity index (χ1) is 16.5. The minimum absolute atomic E-state index is 0.00633. The summed E-state index contributed by atoms with van der Waals surface area (Å²) in [6.07, 6.45) is 0. The van der Waals surface area contributed by atoms with E-state index in [9.17, 15) is 14.4 Å². The van der Waals surface area contributed by atoms with Crippen molar-refractivity contribution in [3.8, 4) is 11.4 Å². The molecule has 5 aromatic rings. The number of benzene rings is 2. The summed E-state index contributed by atoms with van der Waals surface area (Å²) >= 11 is 1.20. The third-order valence-electron chi connectivity index (χ3n) is 5.12. The normalized spacial score (nSPS) is 11.1. The molecule has 0 spiro atoms. The molecule has 170 valence electrons. The topological polar surface area (TPSA) is 123 Å². The van der Waals surface area contributed by atoms with Crippen molar-refractivity contribution in [1.29, 1.82) is 0 Å². The Morgan fingerprint density at radius 3 is 2.65 bits per heavy atom. The lowest BCUT2D eigenvalue weighted by atomic mass is 10.2. The molecule has 0 unspecified atom stereocenters. The maximum atomic E-state index is 12.8. The number of hydrogen-bond donors (Lipinski definition) is 2. The van der Waals surface area contributed by atoms with Gasteiger partial charge in [0.1, 0.15) is 11.6 Å². The first kappa shape index (κ1) is 21.5. The van der Waals surface area contributed by atoms with Crippen LogP contribution < -0.4 is 21.3 Å². The highest BCUT2D eigenvalue weighted by Crippen LogP contribution is 2.23. The molecule has 0 aliphatic rings. The van der Waals surface area contributed by atoms with Crippen LogP contribution in [0, 0.1) is 0 Å². The molecule has 0 saturated heterocycles. The zero-order valence-corrected chi connectivity index (χ0v) is 18.7. The van der Waals surface area contributed by atoms with Crippen molar-refractivity contribution in [1.82, 2.24) is 24.1 Å². The molecule has 1 amide bonds. The van der Waals surface area contributed by atoms with Gasteiger partial charge in [-0.2, -0.15) is 0 Å². The molecule has 5 rings (SSSR count). The van der Waals surface area contributed by atoms with Gasteiger partial charge in [-0.05, 0) is 47.9 Å². The van der Waals surface area contributed by atoms with Gasteiger partial charge in [0.25, 0.3) is 5.56 Å². The first-order valence-corrected chi connectivity index (χ1v) is 11.2. The highest BCUT2D eigenvalue weighted by molar-refractivity contribution is 7.99. The van der Waals surface area contributed by atoms with Crippen molar-refractivity contribution >= 4 is 40.0 Å². The number of aromatic nitrogens is 5. The Hall–Kier alpha value is -4.38. The summed E-state index contributed by atoms with van der Waals surface area (Å²) in [4.78, 5) is 39.4. The number of para-hydroxylation sites is 1. The average molecular weight is 475 g/mol. The highest BCUT2D eigenvalue weighted by Gasteiger charge is 2.15.